The zero-order valence-corrected chi connectivity index (χ0v) is 7.84. The second-order valence-electron chi connectivity index (χ2n) is 3.09. The van der Waals surface area contributed by atoms with Crippen molar-refractivity contribution in [1.82, 2.24) is 0 Å². The van der Waals surface area contributed by atoms with Gasteiger partial charge in [0.15, 0.2) is 0 Å². The minimum Gasteiger partial charge on any atom is -0.463 e. The van der Waals surface area contributed by atoms with Gasteiger partial charge in [-0.05, 0) is 19.8 Å². The Bertz CT molecular complexity index is 229. The van der Waals surface area contributed by atoms with Gasteiger partial charge in [-0.1, -0.05) is 5.57 Å². The molecule has 1 rings (SSSR count). The lowest BCUT2D eigenvalue weighted by atomic mass is 9.94. The van der Waals surface area contributed by atoms with E-state index >= 15 is 0 Å². The summed E-state index contributed by atoms with van der Waals surface area (Å²) in [6.45, 7) is 2.18. The van der Waals surface area contributed by atoms with Gasteiger partial charge in [0.25, 0.3) is 0 Å². The number of carbonyl (C=O) groups excluding carboxylic acids is 2. The average Bonchev–Trinajstić information content (AvgIpc) is 2.09. The third-order valence-electron chi connectivity index (χ3n) is 2.06. The molecule has 0 atom stereocenters. The molecule has 0 saturated heterocycles. The van der Waals surface area contributed by atoms with E-state index < -0.39 is 0 Å². The number of allylic oxidation sites excluding steroid dienone is 1. The van der Waals surface area contributed by atoms with Crippen LogP contribution in [0.3, 0.4) is 0 Å². The van der Waals surface area contributed by atoms with Crippen LogP contribution in [0.5, 0.6) is 0 Å². The number of esters is 1. The van der Waals surface area contributed by atoms with Crippen LogP contribution in [0.1, 0.15) is 32.6 Å². The normalized spacial score (nSPS) is 17.0. The number of carbonyl (C=O) groups is 2. The summed E-state index contributed by atoms with van der Waals surface area (Å²) in [6.07, 6.45) is 4.11. The van der Waals surface area contributed by atoms with Gasteiger partial charge in [0, 0.05) is 18.9 Å². The van der Waals surface area contributed by atoms with Gasteiger partial charge in [0.1, 0.15) is 5.78 Å². The van der Waals surface area contributed by atoms with Crippen LogP contribution in [0, 0.1) is 0 Å². The van der Waals surface area contributed by atoms with Crippen LogP contribution in [0.25, 0.3) is 0 Å². The number of hydrogen-bond donors (Lipinski definition) is 0. The molecule has 72 valence electrons. The lowest BCUT2D eigenvalue weighted by molar-refractivity contribution is -0.137. The second-order valence-corrected chi connectivity index (χ2v) is 3.09. The third kappa shape index (κ3) is 3.40. The molecule has 3 heteroatoms. The van der Waals surface area contributed by atoms with E-state index in [9.17, 15) is 9.59 Å². The molecule has 0 amide bonds. The Morgan fingerprint density at radius 2 is 2.00 bits per heavy atom. The van der Waals surface area contributed by atoms with Crippen molar-refractivity contribution in [2.75, 3.05) is 6.61 Å². The first kappa shape index (κ1) is 9.96. The molecule has 0 heterocycles. The minimum absolute atomic E-state index is 0.285. The highest BCUT2D eigenvalue weighted by atomic mass is 16.5. The van der Waals surface area contributed by atoms with Crippen LogP contribution in [0.4, 0.5) is 0 Å². The van der Waals surface area contributed by atoms with Gasteiger partial charge in [-0.25, -0.2) is 4.79 Å². The Hall–Kier alpha value is -1.12. The molecule has 0 unspecified atom stereocenters. The van der Waals surface area contributed by atoms with Crippen molar-refractivity contribution in [1.29, 1.82) is 0 Å². The molecule has 13 heavy (non-hydrogen) atoms. The van der Waals surface area contributed by atoms with Crippen LogP contribution in [0.15, 0.2) is 11.6 Å². The number of ether oxygens (including phenoxy) is 1. The molecule has 0 aromatic heterocycles. The van der Waals surface area contributed by atoms with Crippen molar-refractivity contribution in [3.05, 3.63) is 11.6 Å². The van der Waals surface area contributed by atoms with E-state index in [1.165, 1.54) is 6.08 Å². The van der Waals surface area contributed by atoms with Crippen molar-refractivity contribution in [2.45, 2.75) is 32.6 Å². The van der Waals surface area contributed by atoms with E-state index in [0.717, 1.165) is 18.4 Å². The zero-order chi connectivity index (χ0) is 9.68. The van der Waals surface area contributed by atoms with Gasteiger partial charge in [0.2, 0.25) is 0 Å². The van der Waals surface area contributed by atoms with Crippen LogP contribution >= 0.6 is 0 Å². The summed E-state index contributed by atoms with van der Waals surface area (Å²) < 4.78 is 4.77. The molecule has 0 N–H and O–H groups in total. The molecule has 0 aliphatic heterocycles. The Morgan fingerprint density at radius 3 is 2.54 bits per heavy atom. The summed E-state index contributed by atoms with van der Waals surface area (Å²) in [4.78, 5) is 21.9. The highest BCUT2D eigenvalue weighted by Gasteiger charge is 2.13. The third-order valence-corrected chi connectivity index (χ3v) is 2.06. The number of ketones is 1. The minimum atomic E-state index is -0.285. The van der Waals surface area contributed by atoms with Gasteiger partial charge >= 0.3 is 5.97 Å². The molecule has 1 aliphatic rings. The van der Waals surface area contributed by atoms with Crippen LogP contribution in [-0.4, -0.2) is 18.4 Å². The number of hydrogen-bond acceptors (Lipinski definition) is 3. The molecule has 1 aliphatic carbocycles. The summed E-state index contributed by atoms with van der Waals surface area (Å²) >= 11 is 0. The summed E-state index contributed by atoms with van der Waals surface area (Å²) in [6, 6.07) is 0. The fourth-order valence-electron chi connectivity index (χ4n) is 1.34. The quantitative estimate of drug-likeness (QED) is 0.481. The van der Waals surface area contributed by atoms with Crippen LogP contribution in [-0.2, 0) is 14.3 Å². The molecule has 1 saturated carbocycles. The number of rotatable bonds is 2. The van der Waals surface area contributed by atoms with E-state index in [2.05, 4.69) is 0 Å². The lowest BCUT2D eigenvalue weighted by Gasteiger charge is -2.11. The first-order chi connectivity index (χ1) is 6.22. The molecule has 0 spiro atoms. The van der Waals surface area contributed by atoms with Crippen molar-refractivity contribution >= 4 is 11.8 Å². The molecule has 0 aromatic carbocycles. The van der Waals surface area contributed by atoms with E-state index in [4.69, 9.17) is 4.74 Å². The van der Waals surface area contributed by atoms with Gasteiger partial charge in [-0.2, -0.15) is 0 Å². The highest BCUT2D eigenvalue weighted by Crippen LogP contribution is 2.20. The molecule has 0 bridgehead atoms. The Morgan fingerprint density at radius 1 is 1.38 bits per heavy atom. The van der Waals surface area contributed by atoms with E-state index in [1.54, 1.807) is 6.92 Å². The molecule has 0 radical (unpaired) electrons. The first-order valence-corrected chi connectivity index (χ1v) is 4.60. The zero-order valence-electron chi connectivity index (χ0n) is 7.84. The van der Waals surface area contributed by atoms with Gasteiger partial charge in [-0.3, -0.25) is 4.79 Å². The van der Waals surface area contributed by atoms with Crippen molar-refractivity contribution in [3.63, 3.8) is 0 Å². The summed E-state index contributed by atoms with van der Waals surface area (Å²) in [5, 5.41) is 0. The van der Waals surface area contributed by atoms with Crippen molar-refractivity contribution in [3.8, 4) is 0 Å². The highest BCUT2D eigenvalue weighted by molar-refractivity contribution is 5.84. The molecule has 3 nitrogen and oxygen atoms in total. The Labute approximate surface area is 77.8 Å². The summed E-state index contributed by atoms with van der Waals surface area (Å²) in [5.74, 6) is 0.00728. The van der Waals surface area contributed by atoms with Crippen molar-refractivity contribution < 1.29 is 14.3 Å². The fourth-order valence-corrected chi connectivity index (χ4v) is 1.34. The first-order valence-electron chi connectivity index (χ1n) is 4.60. The molecular weight excluding hydrogens is 168 g/mol. The average molecular weight is 182 g/mol. The molecule has 0 aromatic rings. The number of Topliss-reactive ketones (excluding diaryl/α,β-unsaturated/α-hetero) is 1. The molecule has 1 fully saturated rings. The molecular formula is C10H14O3. The summed E-state index contributed by atoms with van der Waals surface area (Å²) in [7, 11) is 0. The maximum Gasteiger partial charge on any atom is 0.330 e. The van der Waals surface area contributed by atoms with Crippen LogP contribution in [0.2, 0.25) is 0 Å². The smallest absolute Gasteiger partial charge is 0.330 e. The van der Waals surface area contributed by atoms with E-state index in [0.29, 0.717) is 25.2 Å². The van der Waals surface area contributed by atoms with Gasteiger partial charge in [-0.15, -0.1) is 0 Å². The Kier molecular flexibility index (Phi) is 3.68. The maximum absolute atomic E-state index is 11.0. The van der Waals surface area contributed by atoms with Crippen molar-refractivity contribution in [2.24, 2.45) is 0 Å². The topological polar surface area (TPSA) is 43.4 Å². The largest absolute Gasteiger partial charge is 0.463 e. The Balaban J connectivity index is 2.43. The predicted molar refractivity (Wildman–Crippen MR) is 48.2 cm³/mol. The van der Waals surface area contributed by atoms with E-state index in [1.807, 2.05) is 0 Å². The van der Waals surface area contributed by atoms with E-state index in [-0.39, 0.29) is 5.97 Å². The van der Waals surface area contributed by atoms with Crippen LogP contribution < -0.4 is 0 Å². The summed E-state index contributed by atoms with van der Waals surface area (Å²) in [5.41, 5.74) is 1.04. The standard InChI is InChI=1S/C10H14O3/c1-2-13-10(12)7-8-3-5-9(11)6-4-8/h7H,2-6H2,1H3. The van der Waals surface area contributed by atoms with Gasteiger partial charge in [0.05, 0.1) is 6.61 Å². The van der Waals surface area contributed by atoms with Gasteiger partial charge < -0.3 is 4.74 Å². The maximum atomic E-state index is 11.0. The SMILES string of the molecule is CCOC(=O)C=C1CCC(=O)CC1. The second kappa shape index (κ2) is 4.80. The lowest BCUT2D eigenvalue weighted by Crippen LogP contribution is -2.08. The fraction of sp³-hybridized carbons (Fsp3) is 0.600. The monoisotopic (exact) mass is 182 g/mol. The predicted octanol–water partition coefficient (Wildman–Crippen LogP) is 1.62.